The van der Waals surface area contributed by atoms with E-state index in [-0.39, 0.29) is 24.7 Å². The largest absolute Gasteiger partial charge is 0.395 e. The number of aliphatic hydroxyl groups is 2. The van der Waals surface area contributed by atoms with Crippen LogP contribution in [-0.4, -0.2) is 34.3 Å². The third-order valence-corrected chi connectivity index (χ3v) is 5.46. The van der Waals surface area contributed by atoms with Crippen molar-refractivity contribution < 1.29 is 15.1 Å². The molecule has 0 spiro atoms. The molecule has 0 amide bonds. The van der Waals surface area contributed by atoms with E-state index >= 15 is 0 Å². The Labute approximate surface area is 188 Å². The Hall–Kier alpha value is -1.21. The lowest BCUT2D eigenvalue weighted by Crippen LogP contribution is -2.38. The first-order valence-electron chi connectivity index (χ1n) is 11.4. The molecule has 0 aromatic heterocycles. The third-order valence-electron chi connectivity index (χ3n) is 5.46. The molecule has 0 bridgehead atoms. The summed E-state index contributed by atoms with van der Waals surface area (Å²) in [6.07, 6.45) is 14.6. The molecule has 1 aromatic rings. The van der Waals surface area contributed by atoms with Gasteiger partial charge in [0.2, 0.25) is 0 Å². The SMILES string of the molecule is CCCCCCCCCCCCCCNC(CO)C(O)c1ccc([N+](=O)[O-])cc1.Cl. The highest BCUT2D eigenvalue weighted by Gasteiger charge is 2.20. The summed E-state index contributed by atoms with van der Waals surface area (Å²) in [5, 5.41) is 33.9. The first-order chi connectivity index (χ1) is 14.1. The van der Waals surface area contributed by atoms with E-state index in [2.05, 4.69) is 12.2 Å². The average molecular weight is 445 g/mol. The summed E-state index contributed by atoms with van der Waals surface area (Å²) in [6, 6.07) is 5.36. The fourth-order valence-corrected chi connectivity index (χ4v) is 3.55. The summed E-state index contributed by atoms with van der Waals surface area (Å²) in [7, 11) is 0. The van der Waals surface area contributed by atoms with Crippen LogP contribution in [0.5, 0.6) is 0 Å². The summed E-state index contributed by atoms with van der Waals surface area (Å²) >= 11 is 0. The van der Waals surface area contributed by atoms with Crippen molar-refractivity contribution in [2.45, 2.75) is 96.1 Å². The molecular weight excluding hydrogens is 404 g/mol. The Morgan fingerprint density at radius 2 is 1.37 bits per heavy atom. The van der Waals surface area contributed by atoms with E-state index in [0.717, 1.165) is 19.4 Å². The molecule has 0 aliphatic rings. The van der Waals surface area contributed by atoms with E-state index in [1.165, 1.54) is 88.5 Å². The molecule has 7 heteroatoms. The minimum atomic E-state index is -0.891. The second-order valence-electron chi connectivity index (χ2n) is 7.93. The van der Waals surface area contributed by atoms with Gasteiger partial charge in [-0.2, -0.15) is 0 Å². The average Bonchev–Trinajstić information content (AvgIpc) is 2.73. The lowest BCUT2D eigenvalue weighted by Gasteiger charge is -2.22. The number of benzene rings is 1. The highest BCUT2D eigenvalue weighted by molar-refractivity contribution is 5.85. The van der Waals surface area contributed by atoms with Gasteiger partial charge in [0.25, 0.3) is 5.69 Å². The van der Waals surface area contributed by atoms with Gasteiger partial charge in [0.15, 0.2) is 0 Å². The minimum absolute atomic E-state index is 0. The van der Waals surface area contributed by atoms with Crippen LogP contribution < -0.4 is 5.32 Å². The van der Waals surface area contributed by atoms with Gasteiger partial charge in [-0.05, 0) is 30.7 Å². The number of halogens is 1. The van der Waals surface area contributed by atoms with Crippen LogP contribution in [-0.2, 0) is 0 Å². The smallest absolute Gasteiger partial charge is 0.269 e. The van der Waals surface area contributed by atoms with E-state index in [9.17, 15) is 20.3 Å². The molecule has 0 aliphatic carbocycles. The monoisotopic (exact) mass is 444 g/mol. The lowest BCUT2D eigenvalue weighted by atomic mass is 10.0. The Morgan fingerprint density at radius 1 is 0.900 bits per heavy atom. The van der Waals surface area contributed by atoms with Crippen molar-refractivity contribution in [2.75, 3.05) is 13.2 Å². The molecule has 2 atom stereocenters. The van der Waals surface area contributed by atoms with Gasteiger partial charge in [0, 0.05) is 12.1 Å². The fourth-order valence-electron chi connectivity index (χ4n) is 3.55. The normalized spacial score (nSPS) is 12.9. The van der Waals surface area contributed by atoms with Crippen LogP contribution in [0, 0.1) is 10.1 Å². The number of non-ortho nitro benzene ring substituents is 1. The second kappa shape index (κ2) is 18.6. The number of rotatable bonds is 18. The lowest BCUT2D eigenvalue weighted by molar-refractivity contribution is -0.384. The predicted octanol–water partition coefficient (Wildman–Crippen LogP) is 5.70. The van der Waals surface area contributed by atoms with E-state index in [1.54, 1.807) is 0 Å². The highest BCUT2D eigenvalue weighted by Crippen LogP contribution is 2.20. The van der Waals surface area contributed by atoms with Crippen molar-refractivity contribution in [3.8, 4) is 0 Å². The number of nitrogens with zero attached hydrogens (tertiary/aromatic N) is 1. The van der Waals surface area contributed by atoms with Crippen LogP contribution >= 0.6 is 12.4 Å². The first-order valence-corrected chi connectivity index (χ1v) is 11.4. The van der Waals surface area contributed by atoms with Crippen molar-refractivity contribution in [2.24, 2.45) is 0 Å². The number of nitro benzene ring substituents is 1. The molecule has 0 aliphatic heterocycles. The van der Waals surface area contributed by atoms with Crippen molar-refractivity contribution in [3.05, 3.63) is 39.9 Å². The van der Waals surface area contributed by atoms with Crippen molar-refractivity contribution in [1.29, 1.82) is 0 Å². The molecule has 0 fully saturated rings. The Bertz CT molecular complexity index is 543. The summed E-state index contributed by atoms with van der Waals surface area (Å²) < 4.78 is 0. The quantitative estimate of drug-likeness (QED) is 0.153. The number of unbranched alkanes of at least 4 members (excludes halogenated alkanes) is 11. The predicted molar refractivity (Wildman–Crippen MR) is 125 cm³/mol. The molecule has 0 radical (unpaired) electrons. The molecule has 0 saturated carbocycles. The van der Waals surface area contributed by atoms with Gasteiger partial charge in [-0.15, -0.1) is 12.4 Å². The van der Waals surface area contributed by atoms with E-state index in [4.69, 9.17) is 0 Å². The Balaban J connectivity index is 0.00000841. The zero-order valence-electron chi connectivity index (χ0n) is 18.4. The molecule has 0 heterocycles. The third kappa shape index (κ3) is 12.5. The summed E-state index contributed by atoms with van der Waals surface area (Å²) in [6.45, 7) is 2.81. The molecule has 1 aromatic carbocycles. The number of aliphatic hydroxyl groups excluding tert-OH is 2. The number of hydrogen-bond acceptors (Lipinski definition) is 5. The van der Waals surface area contributed by atoms with Crippen LogP contribution in [0.3, 0.4) is 0 Å². The van der Waals surface area contributed by atoms with Crippen molar-refractivity contribution >= 4 is 18.1 Å². The van der Waals surface area contributed by atoms with E-state index in [1.807, 2.05) is 0 Å². The summed E-state index contributed by atoms with van der Waals surface area (Å²) in [4.78, 5) is 10.2. The van der Waals surface area contributed by atoms with Crippen molar-refractivity contribution in [3.63, 3.8) is 0 Å². The first kappa shape index (κ1) is 28.8. The Kier molecular flexibility index (Phi) is 17.8. The van der Waals surface area contributed by atoms with E-state index in [0.29, 0.717) is 5.56 Å². The van der Waals surface area contributed by atoms with Crippen LogP contribution in [0.15, 0.2) is 24.3 Å². The zero-order valence-corrected chi connectivity index (χ0v) is 19.2. The van der Waals surface area contributed by atoms with Gasteiger partial charge >= 0.3 is 0 Å². The number of nitrogens with one attached hydrogen (secondary N) is 1. The van der Waals surface area contributed by atoms with Crippen LogP contribution in [0.2, 0.25) is 0 Å². The number of hydrogen-bond donors (Lipinski definition) is 3. The molecule has 2 unspecified atom stereocenters. The van der Waals surface area contributed by atoms with Gasteiger partial charge in [0.1, 0.15) is 0 Å². The molecule has 6 nitrogen and oxygen atoms in total. The summed E-state index contributed by atoms with van der Waals surface area (Å²) in [5.74, 6) is 0. The van der Waals surface area contributed by atoms with Gasteiger partial charge in [-0.25, -0.2) is 0 Å². The molecule has 3 N–H and O–H groups in total. The minimum Gasteiger partial charge on any atom is -0.395 e. The van der Waals surface area contributed by atoms with Crippen LogP contribution in [0.1, 0.15) is 95.6 Å². The maximum absolute atomic E-state index is 10.7. The number of nitro groups is 1. The second-order valence-corrected chi connectivity index (χ2v) is 7.93. The van der Waals surface area contributed by atoms with Crippen molar-refractivity contribution in [1.82, 2.24) is 5.32 Å². The standard InChI is InChI=1S/C23H40N2O4.ClH/c1-2-3-4-5-6-7-8-9-10-11-12-13-18-24-22(19-26)23(27)20-14-16-21(17-15-20)25(28)29;/h14-17,22-24,26-27H,2-13,18-19H2,1H3;1H. The Morgan fingerprint density at radius 3 is 1.80 bits per heavy atom. The topological polar surface area (TPSA) is 95.6 Å². The van der Waals surface area contributed by atoms with Crippen LogP contribution in [0.4, 0.5) is 5.69 Å². The molecule has 174 valence electrons. The molecular formula is C23H41ClN2O4. The summed E-state index contributed by atoms with van der Waals surface area (Å²) in [5.41, 5.74) is 0.558. The van der Waals surface area contributed by atoms with Crippen LogP contribution in [0.25, 0.3) is 0 Å². The van der Waals surface area contributed by atoms with Gasteiger partial charge in [0.05, 0.1) is 23.7 Å². The van der Waals surface area contributed by atoms with Gasteiger partial charge in [-0.1, -0.05) is 77.6 Å². The zero-order chi connectivity index (χ0) is 21.3. The highest BCUT2D eigenvalue weighted by atomic mass is 35.5. The van der Waals surface area contributed by atoms with Gasteiger partial charge < -0.3 is 15.5 Å². The fraction of sp³-hybridized carbons (Fsp3) is 0.739. The molecule has 1 rings (SSSR count). The van der Waals surface area contributed by atoms with E-state index < -0.39 is 17.1 Å². The molecule has 30 heavy (non-hydrogen) atoms. The van der Waals surface area contributed by atoms with Gasteiger partial charge in [-0.3, -0.25) is 10.1 Å². The maximum atomic E-state index is 10.7. The molecule has 0 saturated heterocycles. The maximum Gasteiger partial charge on any atom is 0.269 e.